The summed E-state index contributed by atoms with van der Waals surface area (Å²) in [5, 5.41) is 31.4. The lowest BCUT2D eigenvalue weighted by molar-refractivity contribution is -0.397. The van der Waals surface area contributed by atoms with E-state index in [1.807, 2.05) is 0 Å². The van der Waals surface area contributed by atoms with Crippen LogP contribution in [0.4, 0.5) is 5.95 Å². The Kier molecular flexibility index (Phi) is 4.83. The minimum absolute atomic E-state index is 0.0159. The lowest BCUT2D eigenvalue weighted by Gasteiger charge is -2.10. The second-order valence-electron chi connectivity index (χ2n) is 3.22. The molecule has 0 radical (unpaired) electrons. The van der Waals surface area contributed by atoms with Crippen molar-refractivity contribution in [2.45, 2.75) is 12.6 Å². The molecule has 1 heterocycles. The first-order valence-corrected chi connectivity index (χ1v) is 4.80. The first-order chi connectivity index (χ1) is 7.65. The molecule has 8 heteroatoms. The zero-order valence-electron chi connectivity index (χ0n) is 8.61. The van der Waals surface area contributed by atoms with E-state index in [2.05, 4.69) is 10.3 Å². The molecule has 1 aromatic rings. The van der Waals surface area contributed by atoms with E-state index in [4.69, 9.17) is 5.11 Å². The molecule has 0 aliphatic rings. The molecule has 0 aliphatic heterocycles. The lowest BCUT2D eigenvalue weighted by Crippen LogP contribution is -2.32. The van der Waals surface area contributed by atoms with Crippen LogP contribution in [0.25, 0.3) is 0 Å². The lowest BCUT2D eigenvalue weighted by atomic mass is 10.3. The summed E-state index contributed by atoms with van der Waals surface area (Å²) >= 11 is 0. The summed E-state index contributed by atoms with van der Waals surface area (Å²) in [4.78, 5) is 13.5. The van der Waals surface area contributed by atoms with Gasteiger partial charge in [0.2, 0.25) is 0 Å². The monoisotopic (exact) mass is 230 g/mol. The van der Waals surface area contributed by atoms with Crippen molar-refractivity contribution in [2.24, 2.45) is 0 Å². The van der Waals surface area contributed by atoms with E-state index in [1.54, 1.807) is 0 Å². The van der Waals surface area contributed by atoms with Crippen LogP contribution in [0, 0.1) is 10.1 Å². The molecule has 90 valence electrons. The van der Waals surface area contributed by atoms with Gasteiger partial charge in [-0.2, -0.15) is 0 Å². The number of hydrogen-bond donors (Lipinski definition) is 3. The number of nitrogens with zero attached hydrogens (tertiary/aromatic N) is 3. The minimum atomic E-state index is -0.764. The van der Waals surface area contributed by atoms with Gasteiger partial charge in [0.1, 0.15) is 12.4 Å². The van der Waals surface area contributed by atoms with Crippen LogP contribution in [0.5, 0.6) is 0 Å². The summed E-state index contributed by atoms with van der Waals surface area (Å²) in [5.41, 5.74) is 0. The molecule has 1 aromatic heterocycles. The Labute approximate surface area is 91.7 Å². The second-order valence-corrected chi connectivity index (χ2v) is 3.22. The average molecular weight is 230 g/mol. The zero-order valence-corrected chi connectivity index (χ0v) is 8.61. The van der Waals surface area contributed by atoms with E-state index < -0.39 is 11.0 Å². The van der Waals surface area contributed by atoms with E-state index in [0.29, 0.717) is 6.54 Å². The highest BCUT2D eigenvalue weighted by Crippen LogP contribution is 2.07. The fourth-order valence-corrected chi connectivity index (χ4v) is 1.26. The number of rotatable bonds is 7. The molecule has 8 nitrogen and oxygen atoms in total. The molecule has 0 spiro atoms. The van der Waals surface area contributed by atoms with Gasteiger partial charge in [-0.3, -0.25) is 0 Å². The van der Waals surface area contributed by atoms with E-state index >= 15 is 0 Å². The number of aliphatic hydroxyl groups is 2. The number of aromatic nitrogens is 2. The highest BCUT2D eigenvalue weighted by Gasteiger charge is 2.16. The molecule has 0 saturated carbocycles. The molecular weight excluding hydrogens is 216 g/mol. The van der Waals surface area contributed by atoms with Gasteiger partial charge in [0.25, 0.3) is 0 Å². The third-order valence-electron chi connectivity index (χ3n) is 1.93. The van der Waals surface area contributed by atoms with Crippen LogP contribution in [0.1, 0.15) is 0 Å². The van der Waals surface area contributed by atoms with Crippen LogP contribution < -0.4 is 5.32 Å². The molecule has 1 atom stereocenters. The van der Waals surface area contributed by atoms with E-state index in [0.717, 1.165) is 0 Å². The van der Waals surface area contributed by atoms with Crippen molar-refractivity contribution in [3.63, 3.8) is 0 Å². The molecule has 3 N–H and O–H groups in total. The number of imidazole rings is 1. The van der Waals surface area contributed by atoms with Gasteiger partial charge in [-0.1, -0.05) is 4.98 Å². The van der Waals surface area contributed by atoms with Crippen LogP contribution in [0.15, 0.2) is 12.4 Å². The van der Waals surface area contributed by atoms with E-state index in [9.17, 15) is 15.2 Å². The predicted octanol–water partition coefficient (Wildman–Crippen LogP) is -1.27. The highest BCUT2D eigenvalue weighted by atomic mass is 16.6. The summed E-state index contributed by atoms with van der Waals surface area (Å²) in [7, 11) is 0. The number of nitro groups is 1. The molecular formula is C8H14N4O4. The molecule has 0 aromatic carbocycles. The van der Waals surface area contributed by atoms with Crippen molar-refractivity contribution in [3.8, 4) is 0 Å². The fourth-order valence-electron chi connectivity index (χ4n) is 1.26. The first-order valence-electron chi connectivity index (χ1n) is 4.80. The van der Waals surface area contributed by atoms with Gasteiger partial charge in [-0.15, -0.1) is 0 Å². The third kappa shape index (κ3) is 3.57. The Balaban J connectivity index is 2.46. The molecule has 0 saturated heterocycles. The predicted molar refractivity (Wildman–Crippen MR) is 54.8 cm³/mol. The Morgan fingerprint density at radius 3 is 3.06 bits per heavy atom. The summed E-state index contributed by atoms with van der Waals surface area (Å²) in [6.07, 6.45) is 1.99. The topological polar surface area (TPSA) is 113 Å². The summed E-state index contributed by atoms with van der Waals surface area (Å²) in [6, 6.07) is 0. The molecule has 1 rings (SSSR count). The fraction of sp³-hybridized carbons (Fsp3) is 0.625. The molecule has 16 heavy (non-hydrogen) atoms. The summed E-state index contributed by atoms with van der Waals surface area (Å²) in [6.45, 7) is 0.714. The SMILES string of the molecule is O=[N+]([O-])c1nccn1C[C@H](O)CNCCO. The van der Waals surface area contributed by atoms with Crippen LogP contribution in [-0.2, 0) is 6.54 Å². The van der Waals surface area contributed by atoms with Gasteiger partial charge in [0.05, 0.1) is 19.3 Å². The quantitative estimate of drug-likeness (QED) is 0.306. The normalized spacial score (nSPS) is 12.6. The minimum Gasteiger partial charge on any atom is -0.395 e. The van der Waals surface area contributed by atoms with Crippen LogP contribution in [0.2, 0.25) is 0 Å². The Bertz CT molecular complexity index is 341. The standard InChI is InChI=1S/C8H14N4O4/c13-4-2-9-5-7(14)6-11-3-1-10-8(11)12(15)16/h1,3,7,9,13-14H,2,4-6H2/t7-/m1/s1. The van der Waals surface area contributed by atoms with E-state index in [-0.39, 0.29) is 25.6 Å². The molecule has 0 unspecified atom stereocenters. The van der Waals surface area contributed by atoms with Crippen LogP contribution >= 0.6 is 0 Å². The van der Waals surface area contributed by atoms with Crippen molar-refractivity contribution in [3.05, 3.63) is 22.5 Å². The van der Waals surface area contributed by atoms with Gasteiger partial charge in [0, 0.05) is 13.1 Å². The van der Waals surface area contributed by atoms with Gasteiger partial charge >= 0.3 is 5.95 Å². The van der Waals surface area contributed by atoms with Crippen LogP contribution in [0.3, 0.4) is 0 Å². The average Bonchev–Trinajstić information content (AvgIpc) is 2.66. The maximum atomic E-state index is 10.5. The number of nitrogens with one attached hydrogen (secondary N) is 1. The van der Waals surface area contributed by atoms with Crippen molar-refractivity contribution in [1.82, 2.24) is 14.9 Å². The van der Waals surface area contributed by atoms with Crippen molar-refractivity contribution >= 4 is 5.95 Å². The third-order valence-corrected chi connectivity index (χ3v) is 1.93. The smallest absolute Gasteiger partial charge is 0.395 e. The van der Waals surface area contributed by atoms with Crippen LogP contribution in [-0.4, -0.2) is 50.5 Å². The Hall–Kier alpha value is -1.51. The summed E-state index contributed by atoms with van der Waals surface area (Å²) in [5.74, 6) is -0.291. The van der Waals surface area contributed by atoms with Crippen molar-refractivity contribution in [2.75, 3.05) is 19.7 Å². The van der Waals surface area contributed by atoms with Gasteiger partial charge in [0.15, 0.2) is 0 Å². The zero-order chi connectivity index (χ0) is 12.0. The number of hydrogen-bond acceptors (Lipinski definition) is 6. The van der Waals surface area contributed by atoms with Gasteiger partial charge in [-0.25, -0.2) is 4.57 Å². The second kappa shape index (κ2) is 6.16. The molecule has 0 aliphatic carbocycles. The largest absolute Gasteiger partial charge is 0.434 e. The first kappa shape index (κ1) is 12.6. The van der Waals surface area contributed by atoms with Crippen molar-refractivity contribution in [1.29, 1.82) is 0 Å². The Morgan fingerprint density at radius 2 is 2.44 bits per heavy atom. The van der Waals surface area contributed by atoms with Gasteiger partial charge < -0.3 is 25.6 Å². The summed E-state index contributed by atoms with van der Waals surface area (Å²) < 4.78 is 1.27. The molecule has 0 fully saturated rings. The number of aliphatic hydroxyl groups excluding tert-OH is 2. The van der Waals surface area contributed by atoms with E-state index in [1.165, 1.54) is 17.0 Å². The van der Waals surface area contributed by atoms with Gasteiger partial charge in [-0.05, 0) is 4.92 Å². The Morgan fingerprint density at radius 1 is 1.69 bits per heavy atom. The molecule has 0 amide bonds. The van der Waals surface area contributed by atoms with Crippen molar-refractivity contribution < 1.29 is 15.1 Å². The molecule has 0 bridgehead atoms. The highest BCUT2D eigenvalue weighted by molar-refractivity contribution is 5.06. The maximum absolute atomic E-state index is 10.5. The maximum Gasteiger partial charge on any atom is 0.434 e.